The second-order valence-corrected chi connectivity index (χ2v) is 5.89. The van der Waals surface area contributed by atoms with Gasteiger partial charge in [-0.05, 0) is 53.6 Å². The summed E-state index contributed by atoms with van der Waals surface area (Å²) in [6, 6.07) is 4.28. The van der Waals surface area contributed by atoms with E-state index in [0.717, 1.165) is 24.6 Å². The molecule has 3 rings (SSSR count). The second-order valence-electron chi connectivity index (χ2n) is 4.65. The average Bonchev–Trinajstić information content (AvgIpc) is 3.07. The number of hydrogen-bond donors (Lipinski definition) is 1. The van der Waals surface area contributed by atoms with Gasteiger partial charge in [0.1, 0.15) is 5.82 Å². The van der Waals surface area contributed by atoms with Gasteiger partial charge in [-0.2, -0.15) is 13.2 Å². The zero-order valence-corrected chi connectivity index (χ0v) is 11.9. The molecule has 100 valence electrons. The van der Waals surface area contributed by atoms with Gasteiger partial charge in [0, 0.05) is 26.9 Å². The molecule has 1 aromatic heterocycles. The molecule has 1 fully saturated rings. The Morgan fingerprint density at radius 3 is 2.63 bits per heavy atom. The Morgan fingerprint density at radius 2 is 2.00 bits per heavy atom. The van der Waals surface area contributed by atoms with E-state index in [4.69, 9.17) is 0 Å². The molecule has 0 amide bonds. The monoisotopic (exact) mass is 378 g/mol. The summed E-state index contributed by atoms with van der Waals surface area (Å²) >= 11 is 1.88. The van der Waals surface area contributed by atoms with Crippen molar-refractivity contribution in [3.05, 3.63) is 39.2 Å². The number of nitrogens with one attached hydrogen (secondary N) is 1. The molecule has 0 radical (unpaired) electrons. The van der Waals surface area contributed by atoms with E-state index in [1.54, 1.807) is 12.3 Å². The van der Waals surface area contributed by atoms with Crippen LogP contribution >= 0.6 is 22.6 Å². The van der Waals surface area contributed by atoms with Crippen LogP contribution in [0.25, 0.3) is 11.4 Å². The number of aromatic nitrogens is 2. The summed E-state index contributed by atoms with van der Waals surface area (Å²) in [6.07, 6.45) is -0.560. The normalized spacial score (nSPS) is 15.8. The lowest BCUT2D eigenvalue weighted by Crippen LogP contribution is -2.08. The van der Waals surface area contributed by atoms with Crippen LogP contribution in [0, 0.1) is 3.57 Å². The molecule has 1 aliphatic rings. The van der Waals surface area contributed by atoms with Crippen LogP contribution in [0.3, 0.4) is 0 Å². The fourth-order valence-corrected chi connectivity index (χ4v) is 2.52. The van der Waals surface area contributed by atoms with E-state index in [0.29, 0.717) is 15.3 Å². The standard InChI is InChI=1S/C13H10F3IN2/c14-13(15,16)10-5-8(17)3-4-9(10)12-18-6-11(19-12)7-1-2-7/h3-7H,1-2H2,(H,18,19). The van der Waals surface area contributed by atoms with Gasteiger partial charge in [-0.25, -0.2) is 4.98 Å². The SMILES string of the molecule is FC(F)(F)c1cc(I)ccc1-c1ncc(C2CC2)[nH]1. The molecule has 1 N–H and O–H groups in total. The van der Waals surface area contributed by atoms with Gasteiger partial charge in [-0.1, -0.05) is 0 Å². The number of aromatic amines is 1. The van der Waals surface area contributed by atoms with Gasteiger partial charge in [0.05, 0.1) is 5.56 Å². The molecular weight excluding hydrogens is 368 g/mol. The van der Waals surface area contributed by atoms with Crippen molar-refractivity contribution < 1.29 is 13.2 Å². The minimum absolute atomic E-state index is 0.111. The summed E-state index contributed by atoms with van der Waals surface area (Å²) in [5.74, 6) is 0.741. The van der Waals surface area contributed by atoms with E-state index < -0.39 is 11.7 Å². The van der Waals surface area contributed by atoms with Crippen molar-refractivity contribution in [3.8, 4) is 11.4 Å². The first kappa shape index (κ1) is 13.0. The van der Waals surface area contributed by atoms with Crippen LogP contribution in [0.2, 0.25) is 0 Å². The number of benzene rings is 1. The van der Waals surface area contributed by atoms with Crippen LogP contribution in [0.5, 0.6) is 0 Å². The summed E-state index contributed by atoms with van der Waals surface area (Å²) in [4.78, 5) is 7.10. The molecule has 1 saturated carbocycles. The fraction of sp³-hybridized carbons (Fsp3) is 0.308. The van der Waals surface area contributed by atoms with Gasteiger partial charge >= 0.3 is 6.18 Å². The van der Waals surface area contributed by atoms with E-state index in [9.17, 15) is 13.2 Å². The minimum atomic E-state index is -4.37. The number of hydrogen-bond acceptors (Lipinski definition) is 1. The molecule has 1 aromatic carbocycles. The maximum absolute atomic E-state index is 13.0. The van der Waals surface area contributed by atoms with E-state index in [1.165, 1.54) is 6.07 Å². The number of alkyl halides is 3. The van der Waals surface area contributed by atoms with Gasteiger partial charge in [0.2, 0.25) is 0 Å². The predicted molar refractivity (Wildman–Crippen MR) is 73.7 cm³/mol. The molecule has 0 aliphatic heterocycles. The molecule has 1 heterocycles. The largest absolute Gasteiger partial charge is 0.417 e. The van der Waals surface area contributed by atoms with Crippen molar-refractivity contribution >= 4 is 22.6 Å². The van der Waals surface area contributed by atoms with Gasteiger partial charge in [-0.3, -0.25) is 0 Å². The van der Waals surface area contributed by atoms with Crippen LogP contribution in [-0.4, -0.2) is 9.97 Å². The Morgan fingerprint density at radius 1 is 1.26 bits per heavy atom. The van der Waals surface area contributed by atoms with Crippen molar-refractivity contribution in [2.75, 3.05) is 0 Å². The summed E-state index contributed by atoms with van der Waals surface area (Å²) < 4.78 is 39.7. The van der Waals surface area contributed by atoms with Gasteiger partial charge in [0.15, 0.2) is 0 Å². The summed E-state index contributed by atoms with van der Waals surface area (Å²) in [5.41, 5.74) is 0.401. The van der Waals surface area contributed by atoms with Crippen LogP contribution in [0.15, 0.2) is 24.4 Å². The number of rotatable bonds is 2. The Kier molecular flexibility index (Phi) is 3.07. The summed E-state index contributed by atoms with van der Waals surface area (Å²) in [7, 11) is 0. The zero-order valence-electron chi connectivity index (χ0n) is 9.76. The highest BCUT2D eigenvalue weighted by molar-refractivity contribution is 14.1. The topological polar surface area (TPSA) is 28.7 Å². The third-order valence-corrected chi connectivity index (χ3v) is 3.83. The van der Waals surface area contributed by atoms with E-state index >= 15 is 0 Å². The van der Waals surface area contributed by atoms with E-state index in [1.807, 2.05) is 22.6 Å². The minimum Gasteiger partial charge on any atom is -0.342 e. The van der Waals surface area contributed by atoms with E-state index in [-0.39, 0.29) is 5.56 Å². The molecule has 0 unspecified atom stereocenters. The molecule has 0 spiro atoms. The second kappa shape index (κ2) is 4.50. The highest BCUT2D eigenvalue weighted by Crippen LogP contribution is 2.41. The lowest BCUT2D eigenvalue weighted by molar-refractivity contribution is -0.137. The lowest BCUT2D eigenvalue weighted by Gasteiger charge is -2.11. The van der Waals surface area contributed by atoms with Crippen molar-refractivity contribution in [1.82, 2.24) is 9.97 Å². The highest BCUT2D eigenvalue weighted by atomic mass is 127. The van der Waals surface area contributed by atoms with Gasteiger partial charge in [-0.15, -0.1) is 0 Å². The summed E-state index contributed by atoms with van der Waals surface area (Å²) in [5, 5.41) is 0. The van der Waals surface area contributed by atoms with Gasteiger partial charge in [0.25, 0.3) is 0 Å². The fourth-order valence-electron chi connectivity index (χ4n) is 2.03. The molecular formula is C13H10F3IN2. The average molecular weight is 378 g/mol. The first-order valence-corrected chi connectivity index (χ1v) is 6.95. The maximum atomic E-state index is 13.0. The first-order valence-electron chi connectivity index (χ1n) is 5.87. The number of imidazole rings is 1. The maximum Gasteiger partial charge on any atom is 0.417 e. The van der Waals surface area contributed by atoms with Crippen molar-refractivity contribution in [1.29, 1.82) is 0 Å². The van der Waals surface area contributed by atoms with E-state index in [2.05, 4.69) is 9.97 Å². The molecule has 6 heteroatoms. The van der Waals surface area contributed by atoms with Crippen LogP contribution in [-0.2, 0) is 6.18 Å². The quantitative estimate of drug-likeness (QED) is 0.762. The molecule has 2 aromatic rings. The third kappa shape index (κ3) is 2.63. The molecule has 0 bridgehead atoms. The predicted octanol–water partition coefficient (Wildman–Crippen LogP) is 4.58. The number of halogens is 4. The van der Waals surface area contributed by atoms with Crippen molar-refractivity contribution in [3.63, 3.8) is 0 Å². The molecule has 0 atom stereocenters. The Bertz CT molecular complexity index is 615. The Labute approximate surface area is 121 Å². The van der Waals surface area contributed by atoms with Gasteiger partial charge < -0.3 is 4.98 Å². The Balaban J connectivity index is 2.07. The van der Waals surface area contributed by atoms with Crippen LogP contribution in [0.1, 0.15) is 30.0 Å². The number of H-pyrrole nitrogens is 1. The Hall–Kier alpha value is -1.05. The molecule has 1 aliphatic carbocycles. The molecule has 0 saturated heterocycles. The van der Waals surface area contributed by atoms with Crippen molar-refractivity contribution in [2.24, 2.45) is 0 Å². The van der Waals surface area contributed by atoms with Crippen molar-refractivity contribution in [2.45, 2.75) is 24.9 Å². The molecule has 2 nitrogen and oxygen atoms in total. The highest BCUT2D eigenvalue weighted by Gasteiger charge is 2.35. The molecule has 19 heavy (non-hydrogen) atoms. The van der Waals surface area contributed by atoms with Crippen LogP contribution in [0.4, 0.5) is 13.2 Å². The van der Waals surface area contributed by atoms with Crippen LogP contribution < -0.4 is 0 Å². The summed E-state index contributed by atoms with van der Waals surface area (Å²) in [6.45, 7) is 0. The lowest BCUT2D eigenvalue weighted by atomic mass is 10.1. The first-order chi connectivity index (χ1) is 8.95. The number of nitrogens with zero attached hydrogens (tertiary/aromatic N) is 1. The third-order valence-electron chi connectivity index (χ3n) is 3.15. The zero-order chi connectivity index (χ0) is 13.6. The smallest absolute Gasteiger partial charge is 0.342 e.